The van der Waals surface area contributed by atoms with Gasteiger partial charge in [-0.3, -0.25) is 14.9 Å². The number of nitro groups is 1. The van der Waals surface area contributed by atoms with Gasteiger partial charge in [-0.25, -0.2) is 0 Å². The number of nitro benzene ring substituents is 1. The maximum atomic E-state index is 11.0. The lowest BCUT2D eigenvalue weighted by Gasteiger charge is -2.25. The molecule has 6 nitrogen and oxygen atoms in total. The third-order valence-electron chi connectivity index (χ3n) is 2.49. The molecule has 0 aliphatic rings. The molecule has 0 amide bonds. The number of aliphatic carboxylic acids is 1. The van der Waals surface area contributed by atoms with Crippen molar-refractivity contribution in [2.75, 3.05) is 5.32 Å². The van der Waals surface area contributed by atoms with Crippen LogP contribution in [-0.2, 0) is 4.79 Å². The van der Waals surface area contributed by atoms with Gasteiger partial charge in [0.2, 0.25) is 0 Å². The van der Waals surface area contributed by atoms with Gasteiger partial charge in [-0.15, -0.1) is 0 Å². The fourth-order valence-electron chi connectivity index (χ4n) is 1.79. The Morgan fingerprint density at radius 1 is 1.50 bits per heavy atom. The van der Waals surface area contributed by atoms with E-state index in [1.807, 2.05) is 0 Å². The number of hydrogen-bond donors (Lipinski definition) is 2. The Bertz CT molecular complexity index is 483. The minimum atomic E-state index is -0.956. The number of aryl methyl sites for hydroxylation is 1. The number of rotatable bonds is 5. The maximum absolute atomic E-state index is 11.0. The highest BCUT2D eigenvalue weighted by Crippen LogP contribution is 2.30. The second kappa shape index (κ2) is 5.03. The summed E-state index contributed by atoms with van der Waals surface area (Å²) in [5.74, 6) is -0.956. The van der Waals surface area contributed by atoms with Crippen molar-refractivity contribution in [1.82, 2.24) is 0 Å². The first-order valence-electron chi connectivity index (χ1n) is 5.47. The van der Waals surface area contributed by atoms with E-state index in [1.165, 1.54) is 0 Å². The number of nitrogens with one attached hydrogen (secondary N) is 1. The third-order valence-corrected chi connectivity index (χ3v) is 2.49. The van der Waals surface area contributed by atoms with E-state index in [0.717, 1.165) is 0 Å². The first-order chi connectivity index (χ1) is 8.23. The third kappa shape index (κ3) is 3.44. The van der Waals surface area contributed by atoms with Crippen LogP contribution in [0.3, 0.4) is 0 Å². The van der Waals surface area contributed by atoms with Crippen LogP contribution in [0.5, 0.6) is 0 Å². The van der Waals surface area contributed by atoms with Crippen LogP contribution in [0.1, 0.15) is 25.8 Å². The summed E-state index contributed by atoms with van der Waals surface area (Å²) in [7, 11) is 0. The number of carbonyl (C=O) groups is 1. The van der Waals surface area contributed by atoms with Crippen molar-refractivity contribution in [2.24, 2.45) is 0 Å². The molecule has 0 saturated heterocycles. The monoisotopic (exact) mass is 252 g/mol. The van der Waals surface area contributed by atoms with Crippen LogP contribution in [0.15, 0.2) is 18.2 Å². The fraction of sp³-hybridized carbons (Fsp3) is 0.417. The molecular weight excluding hydrogens is 236 g/mol. The van der Waals surface area contributed by atoms with Crippen molar-refractivity contribution in [2.45, 2.75) is 32.7 Å². The van der Waals surface area contributed by atoms with E-state index in [9.17, 15) is 14.9 Å². The largest absolute Gasteiger partial charge is 0.481 e. The van der Waals surface area contributed by atoms with E-state index >= 15 is 0 Å². The minimum Gasteiger partial charge on any atom is -0.481 e. The fourth-order valence-corrected chi connectivity index (χ4v) is 1.79. The summed E-state index contributed by atoms with van der Waals surface area (Å²) in [5, 5.41) is 22.7. The summed E-state index contributed by atoms with van der Waals surface area (Å²) in [6.45, 7) is 5.02. The molecule has 6 heteroatoms. The number of carboxylic acids is 1. The number of hydrogen-bond acceptors (Lipinski definition) is 4. The number of carboxylic acid groups (broad SMARTS) is 1. The summed E-state index contributed by atoms with van der Waals surface area (Å²) in [4.78, 5) is 21.3. The van der Waals surface area contributed by atoms with Crippen molar-refractivity contribution in [3.8, 4) is 0 Å². The molecule has 0 heterocycles. The molecule has 0 radical (unpaired) electrons. The minimum absolute atomic E-state index is 0.0176. The van der Waals surface area contributed by atoms with Gasteiger partial charge in [0.25, 0.3) is 5.69 Å². The topological polar surface area (TPSA) is 92.5 Å². The molecule has 0 unspecified atom stereocenters. The summed E-state index contributed by atoms with van der Waals surface area (Å²) in [5.41, 5.74) is 0.100. The summed E-state index contributed by atoms with van der Waals surface area (Å²) >= 11 is 0. The lowest BCUT2D eigenvalue weighted by atomic mass is 9.99. The quantitative estimate of drug-likeness (QED) is 0.620. The van der Waals surface area contributed by atoms with E-state index in [1.54, 1.807) is 39.0 Å². The van der Waals surface area contributed by atoms with Crippen molar-refractivity contribution in [1.29, 1.82) is 0 Å². The molecule has 1 rings (SSSR count). The lowest BCUT2D eigenvalue weighted by Crippen LogP contribution is -2.33. The Kier molecular flexibility index (Phi) is 3.90. The Balaban J connectivity index is 3.08. The summed E-state index contributed by atoms with van der Waals surface area (Å²) in [6.07, 6.45) is -0.127. The van der Waals surface area contributed by atoms with Crippen molar-refractivity contribution >= 4 is 17.3 Å². The zero-order valence-electron chi connectivity index (χ0n) is 10.6. The predicted molar refractivity (Wildman–Crippen MR) is 67.8 cm³/mol. The van der Waals surface area contributed by atoms with Gasteiger partial charge < -0.3 is 10.4 Å². The van der Waals surface area contributed by atoms with Gasteiger partial charge in [-0.05, 0) is 26.8 Å². The number of nitrogens with zero attached hydrogens (tertiary/aromatic N) is 1. The molecule has 0 bridgehead atoms. The average molecular weight is 252 g/mol. The van der Waals surface area contributed by atoms with Gasteiger partial charge in [0.05, 0.1) is 11.3 Å². The molecule has 2 N–H and O–H groups in total. The second-order valence-corrected chi connectivity index (χ2v) is 4.81. The molecule has 98 valence electrons. The predicted octanol–water partition coefficient (Wildman–Crippen LogP) is 2.57. The highest BCUT2D eigenvalue weighted by atomic mass is 16.6. The standard InChI is InChI=1S/C12H16N2O4/c1-8-5-4-6-9(11(8)14(17)18)13-12(2,3)7-10(15)16/h4-6,13H,7H2,1-3H3,(H,15,16). The van der Waals surface area contributed by atoms with Crippen LogP contribution in [-0.4, -0.2) is 21.5 Å². The van der Waals surface area contributed by atoms with Crippen LogP contribution in [0.4, 0.5) is 11.4 Å². The second-order valence-electron chi connectivity index (χ2n) is 4.81. The molecular formula is C12H16N2O4. The first kappa shape index (κ1) is 14.0. The van der Waals surface area contributed by atoms with Gasteiger partial charge in [0, 0.05) is 11.1 Å². The van der Waals surface area contributed by atoms with Crippen molar-refractivity contribution < 1.29 is 14.8 Å². The van der Waals surface area contributed by atoms with Gasteiger partial charge in [-0.2, -0.15) is 0 Å². The maximum Gasteiger partial charge on any atom is 0.305 e. The van der Waals surface area contributed by atoms with E-state index in [2.05, 4.69) is 5.32 Å². The Labute approximate surface area is 105 Å². The van der Waals surface area contributed by atoms with Crippen LogP contribution in [0, 0.1) is 17.0 Å². The van der Waals surface area contributed by atoms with Crippen molar-refractivity contribution in [3.63, 3.8) is 0 Å². The molecule has 0 spiro atoms. The Morgan fingerprint density at radius 2 is 2.11 bits per heavy atom. The molecule has 0 fully saturated rings. The molecule has 0 aliphatic carbocycles. The zero-order valence-corrected chi connectivity index (χ0v) is 10.6. The number of para-hydroxylation sites is 1. The van der Waals surface area contributed by atoms with Gasteiger partial charge in [0.15, 0.2) is 0 Å². The van der Waals surface area contributed by atoms with Crippen LogP contribution in [0.25, 0.3) is 0 Å². The van der Waals surface area contributed by atoms with E-state index < -0.39 is 16.4 Å². The number of anilines is 1. The highest BCUT2D eigenvalue weighted by Gasteiger charge is 2.26. The van der Waals surface area contributed by atoms with E-state index in [0.29, 0.717) is 11.3 Å². The molecule has 0 aliphatic heterocycles. The molecule has 0 saturated carbocycles. The molecule has 1 aromatic carbocycles. The Hall–Kier alpha value is -2.11. The zero-order chi connectivity index (χ0) is 13.9. The summed E-state index contributed by atoms with van der Waals surface area (Å²) in [6, 6.07) is 4.92. The normalized spacial score (nSPS) is 11.1. The first-order valence-corrected chi connectivity index (χ1v) is 5.47. The average Bonchev–Trinajstić information content (AvgIpc) is 2.13. The van der Waals surface area contributed by atoms with Crippen molar-refractivity contribution in [3.05, 3.63) is 33.9 Å². The van der Waals surface area contributed by atoms with Gasteiger partial charge in [0.1, 0.15) is 5.69 Å². The van der Waals surface area contributed by atoms with Gasteiger partial charge in [-0.1, -0.05) is 12.1 Å². The smallest absolute Gasteiger partial charge is 0.305 e. The highest BCUT2D eigenvalue weighted by molar-refractivity contribution is 5.71. The summed E-state index contributed by atoms with van der Waals surface area (Å²) < 4.78 is 0. The number of benzene rings is 1. The molecule has 1 aromatic rings. The SMILES string of the molecule is Cc1cccc(NC(C)(C)CC(=O)O)c1[N+](=O)[O-]. The lowest BCUT2D eigenvalue weighted by molar-refractivity contribution is -0.384. The van der Waals surface area contributed by atoms with Crippen LogP contribution >= 0.6 is 0 Å². The van der Waals surface area contributed by atoms with Crippen LogP contribution in [0.2, 0.25) is 0 Å². The molecule has 0 aromatic heterocycles. The van der Waals surface area contributed by atoms with E-state index in [-0.39, 0.29) is 12.1 Å². The van der Waals surface area contributed by atoms with E-state index in [4.69, 9.17) is 5.11 Å². The Morgan fingerprint density at radius 3 is 2.61 bits per heavy atom. The molecule has 0 atom stereocenters. The van der Waals surface area contributed by atoms with Gasteiger partial charge >= 0.3 is 5.97 Å². The molecule has 18 heavy (non-hydrogen) atoms. The van der Waals surface area contributed by atoms with Crippen LogP contribution < -0.4 is 5.32 Å².